The van der Waals surface area contributed by atoms with Crippen LogP contribution >= 0.6 is 22.9 Å². The molecule has 4 aliphatic rings. The fraction of sp³-hybridized carbons (Fsp3) is 0.500. The van der Waals surface area contributed by atoms with E-state index >= 15 is 0 Å². The minimum atomic E-state index is -2.60. The lowest BCUT2D eigenvalue weighted by molar-refractivity contribution is -0.123. The summed E-state index contributed by atoms with van der Waals surface area (Å²) in [5.41, 5.74) is 3.75. The molecule has 3 aromatic rings. The van der Waals surface area contributed by atoms with Gasteiger partial charge in [0.15, 0.2) is 5.82 Å². The van der Waals surface area contributed by atoms with Crippen molar-refractivity contribution in [3.63, 3.8) is 0 Å². The van der Waals surface area contributed by atoms with E-state index < -0.39 is 5.92 Å². The largest absolute Gasteiger partial charge is 0.353 e. The van der Waals surface area contributed by atoms with Crippen LogP contribution in [-0.2, 0) is 23.2 Å². The molecule has 7 rings (SSSR count). The van der Waals surface area contributed by atoms with Crippen LogP contribution in [0.15, 0.2) is 29.3 Å². The molecule has 0 saturated heterocycles. The first kappa shape index (κ1) is 24.4. The number of carbonyl (C=O) groups is 1. The second-order valence-corrected chi connectivity index (χ2v) is 12.7. The first-order valence-corrected chi connectivity index (χ1v) is 14.5. The summed E-state index contributed by atoms with van der Waals surface area (Å²) in [6, 6.07) is 7.68. The van der Waals surface area contributed by atoms with Gasteiger partial charge in [0.05, 0.1) is 5.71 Å². The van der Waals surface area contributed by atoms with E-state index in [4.69, 9.17) is 16.6 Å². The summed E-state index contributed by atoms with van der Waals surface area (Å²) in [4.78, 5) is 19.5. The van der Waals surface area contributed by atoms with Gasteiger partial charge < -0.3 is 5.32 Å². The number of benzene rings is 1. The Hall–Kier alpha value is -2.65. The molecule has 0 bridgehead atoms. The van der Waals surface area contributed by atoms with Gasteiger partial charge in [-0.2, -0.15) is 0 Å². The fourth-order valence-electron chi connectivity index (χ4n) is 6.31. The highest BCUT2D eigenvalue weighted by Gasteiger charge is 2.52. The molecule has 1 aliphatic heterocycles. The molecule has 0 radical (unpaired) electrons. The van der Waals surface area contributed by atoms with E-state index in [0.29, 0.717) is 24.3 Å². The molecule has 2 saturated carbocycles. The molecule has 1 spiro atoms. The lowest BCUT2D eigenvalue weighted by Gasteiger charge is -2.29. The molecular weight excluding hydrogens is 528 g/mol. The lowest BCUT2D eigenvalue weighted by atomic mass is 9.91. The monoisotopic (exact) mass is 555 g/mol. The molecule has 0 unspecified atom stereocenters. The van der Waals surface area contributed by atoms with Crippen LogP contribution in [0, 0.1) is 12.8 Å². The Morgan fingerprint density at radius 3 is 2.66 bits per heavy atom. The molecule has 2 fully saturated rings. The number of nitrogens with zero attached hydrogens (tertiary/aromatic N) is 4. The zero-order valence-electron chi connectivity index (χ0n) is 21.1. The second kappa shape index (κ2) is 8.68. The number of thiophene rings is 1. The predicted octanol–water partition coefficient (Wildman–Crippen LogP) is 5.93. The van der Waals surface area contributed by atoms with Gasteiger partial charge in [0, 0.05) is 46.3 Å². The Bertz CT molecular complexity index is 1480. The molecule has 1 N–H and O–H groups in total. The highest BCUT2D eigenvalue weighted by Crippen LogP contribution is 2.54. The number of alkyl halides is 2. The van der Waals surface area contributed by atoms with Gasteiger partial charge in [-0.1, -0.05) is 29.8 Å². The van der Waals surface area contributed by atoms with Crippen LogP contribution in [-0.4, -0.2) is 38.3 Å². The fourth-order valence-corrected chi connectivity index (χ4v) is 8.03. The number of amides is 1. The zero-order valence-corrected chi connectivity index (χ0v) is 22.6. The molecule has 6 nitrogen and oxygen atoms in total. The standard InChI is InChI=1S/C28H28ClF2N5OS/c1-15-34-35-26-27(10-11-27)33-24(18-4-2-3-5-20(18)29)23-19-12-16(13-21(19)38-25(23)36(15)26)14-22(37)32-17-6-8-28(30,31)9-7-17/h2-5,16-17H,6-14H2,1H3,(H,32,37)/t16-/m0/s1. The summed E-state index contributed by atoms with van der Waals surface area (Å²) in [5.74, 6) is -0.731. The van der Waals surface area contributed by atoms with Crippen molar-refractivity contribution in [1.82, 2.24) is 20.1 Å². The van der Waals surface area contributed by atoms with Crippen LogP contribution in [0.5, 0.6) is 0 Å². The molecule has 38 heavy (non-hydrogen) atoms. The minimum Gasteiger partial charge on any atom is -0.353 e. The molecule has 2 aromatic heterocycles. The number of hydrogen-bond acceptors (Lipinski definition) is 5. The summed E-state index contributed by atoms with van der Waals surface area (Å²) >= 11 is 8.46. The first-order chi connectivity index (χ1) is 18.2. The van der Waals surface area contributed by atoms with Gasteiger partial charge in [-0.25, -0.2) is 8.78 Å². The Morgan fingerprint density at radius 1 is 1.16 bits per heavy atom. The van der Waals surface area contributed by atoms with Crippen molar-refractivity contribution in [2.45, 2.75) is 82.2 Å². The Kier molecular flexibility index (Phi) is 5.57. The van der Waals surface area contributed by atoms with Crippen molar-refractivity contribution in [2.75, 3.05) is 0 Å². The van der Waals surface area contributed by atoms with Crippen LogP contribution in [0.2, 0.25) is 5.02 Å². The molecule has 1 atom stereocenters. The Labute approximate surface area is 228 Å². The number of aliphatic imine (C=N–C) groups is 1. The molecule has 198 valence electrons. The van der Waals surface area contributed by atoms with Gasteiger partial charge in [0.2, 0.25) is 11.8 Å². The highest BCUT2D eigenvalue weighted by molar-refractivity contribution is 7.15. The maximum Gasteiger partial charge on any atom is 0.248 e. The van der Waals surface area contributed by atoms with E-state index in [-0.39, 0.29) is 36.2 Å². The molecule has 1 aromatic carbocycles. The number of carbonyl (C=O) groups excluding carboxylic acids is 1. The zero-order chi connectivity index (χ0) is 26.2. The third-order valence-corrected chi connectivity index (χ3v) is 10.0. The van der Waals surface area contributed by atoms with Crippen LogP contribution in [0.1, 0.15) is 78.2 Å². The van der Waals surface area contributed by atoms with Gasteiger partial charge in [-0.05, 0) is 63.0 Å². The van der Waals surface area contributed by atoms with Gasteiger partial charge in [-0.3, -0.25) is 14.4 Å². The van der Waals surface area contributed by atoms with Gasteiger partial charge in [-0.15, -0.1) is 21.5 Å². The van der Waals surface area contributed by atoms with Crippen LogP contribution < -0.4 is 5.32 Å². The SMILES string of the molecule is Cc1nnc2n1-c1sc3c(c1C(c1ccccc1Cl)=NC21CC1)C[C@H](CC(=O)NC1CCC(F)(F)CC1)C3. The topological polar surface area (TPSA) is 72.2 Å². The summed E-state index contributed by atoms with van der Waals surface area (Å²) in [6.45, 7) is 1.98. The van der Waals surface area contributed by atoms with Crippen LogP contribution in [0.25, 0.3) is 5.00 Å². The van der Waals surface area contributed by atoms with Crippen molar-refractivity contribution < 1.29 is 13.6 Å². The van der Waals surface area contributed by atoms with E-state index in [1.807, 2.05) is 31.2 Å². The van der Waals surface area contributed by atoms with Crippen molar-refractivity contribution in [2.24, 2.45) is 10.9 Å². The van der Waals surface area contributed by atoms with Crippen molar-refractivity contribution >= 4 is 34.6 Å². The third-order valence-electron chi connectivity index (χ3n) is 8.45. The van der Waals surface area contributed by atoms with E-state index in [2.05, 4.69) is 20.1 Å². The second-order valence-electron chi connectivity index (χ2n) is 11.2. The number of hydrogen-bond donors (Lipinski definition) is 1. The highest BCUT2D eigenvalue weighted by atomic mass is 35.5. The van der Waals surface area contributed by atoms with E-state index in [1.54, 1.807) is 11.3 Å². The average molecular weight is 556 g/mol. The molecule has 3 heterocycles. The lowest BCUT2D eigenvalue weighted by Crippen LogP contribution is -2.40. The number of fused-ring (bicyclic) bond motifs is 6. The number of halogens is 3. The predicted molar refractivity (Wildman–Crippen MR) is 143 cm³/mol. The van der Waals surface area contributed by atoms with Gasteiger partial charge in [0.1, 0.15) is 16.4 Å². The van der Waals surface area contributed by atoms with Crippen molar-refractivity contribution in [3.8, 4) is 5.00 Å². The summed E-state index contributed by atoms with van der Waals surface area (Å²) in [5, 5.41) is 13.7. The van der Waals surface area contributed by atoms with Crippen molar-refractivity contribution in [3.05, 3.63) is 62.5 Å². The number of aromatic nitrogens is 3. The first-order valence-electron chi connectivity index (χ1n) is 13.3. The normalized spacial score (nSPS) is 22.8. The molecular formula is C28H28ClF2N5OS. The maximum atomic E-state index is 13.5. The Morgan fingerprint density at radius 2 is 1.92 bits per heavy atom. The molecule has 3 aliphatic carbocycles. The summed E-state index contributed by atoms with van der Waals surface area (Å²) in [7, 11) is 0. The van der Waals surface area contributed by atoms with E-state index in [0.717, 1.165) is 59.2 Å². The quantitative estimate of drug-likeness (QED) is 0.434. The van der Waals surface area contributed by atoms with E-state index in [9.17, 15) is 13.6 Å². The number of rotatable bonds is 4. The van der Waals surface area contributed by atoms with E-state index in [1.165, 1.54) is 10.4 Å². The van der Waals surface area contributed by atoms with Crippen molar-refractivity contribution in [1.29, 1.82) is 0 Å². The summed E-state index contributed by atoms with van der Waals surface area (Å²) < 4.78 is 29.2. The molecule has 1 amide bonds. The van der Waals surface area contributed by atoms with Gasteiger partial charge in [0.25, 0.3) is 0 Å². The number of nitrogens with one attached hydrogen (secondary N) is 1. The number of aryl methyl sites for hydroxylation is 1. The van der Waals surface area contributed by atoms with Crippen LogP contribution in [0.3, 0.4) is 0 Å². The smallest absolute Gasteiger partial charge is 0.248 e. The van der Waals surface area contributed by atoms with Crippen LogP contribution in [0.4, 0.5) is 8.78 Å². The summed E-state index contributed by atoms with van der Waals surface area (Å²) in [6.07, 6.45) is 4.18. The maximum absolute atomic E-state index is 13.5. The minimum absolute atomic E-state index is 0.0414. The Balaban J connectivity index is 1.20. The average Bonchev–Trinajstić information content (AvgIpc) is 3.24. The third kappa shape index (κ3) is 4.01. The molecule has 10 heteroatoms. The van der Waals surface area contributed by atoms with Gasteiger partial charge >= 0.3 is 0 Å².